The van der Waals surface area contributed by atoms with Gasteiger partial charge < -0.3 is 10.1 Å². The molecule has 7 nitrogen and oxygen atoms in total. The Morgan fingerprint density at radius 1 is 1.27 bits per heavy atom. The van der Waals surface area contributed by atoms with Crippen LogP contribution in [0.25, 0.3) is 0 Å². The SMILES string of the molecule is CCC(C=NNC(=S)Nc1ccc(S(=O)(=O)N2CCOCC2)cc1)CC. The number of rotatable bonds is 7. The monoisotopic (exact) mass is 398 g/mol. The fraction of sp³-hybridized carbons (Fsp3) is 0.529. The molecule has 0 aliphatic carbocycles. The Morgan fingerprint density at radius 3 is 2.46 bits per heavy atom. The van der Waals surface area contributed by atoms with Crippen molar-refractivity contribution in [2.75, 3.05) is 31.6 Å². The van der Waals surface area contributed by atoms with Gasteiger partial charge in [0, 0.05) is 25.0 Å². The van der Waals surface area contributed by atoms with Gasteiger partial charge in [0.25, 0.3) is 0 Å². The van der Waals surface area contributed by atoms with E-state index in [9.17, 15) is 8.42 Å². The van der Waals surface area contributed by atoms with Crippen LogP contribution in [0.5, 0.6) is 0 Å². The summed E-state index contributed by atoms with van der Waals surface area (Å²) >= 11 is 5.19. The minimum Gasteiger partial charge on any atom is -0.379 e. The Labute approximate surface area is 160 Å². The number of hydrogen-bond donors (Lipinski definition) is 2. The van der Waals surface area contributed by atoms with E-state index in [0.717, 1.165) is 12.8 Å². The first-order valence-electron chi connectivity index (χ1n) is 8.75. The highest BCUT2D eigenvalue weighted by Crippen LogP contribution is 2.19. The average molecular weight is 399 g/mol. The normalized spacial score (nSPS) is 16.1. The maximum Gasteiger partial charge on any atom is 0.243 e. The third kappa shape index (κ3) is 5.73. The van der Waals surface area contributed by atoms with Gasteiger partial charge in [-0.2, -0.15) is 9.41 Å². The standard InChI is InChI=1S/C17H26N4O3S2/c1-3-14(4-2)13-18-20-17(25)19-15-5-7-16(8-6-15)26(22,23)21-9-11-24-12-10-21/h5-8,13-14H,3-4,9-12H2,1-2H3,(H2,19,20,25). The van der Waals surface area contributed by atoms with Crippen molar-refractivity contribution >= 4 is 39.3 Å². The predicted molar refractivity (Wildman–Crippen MR) is 108 cm³/mol. The van der Waals surface area contributed by atoms with Crippen molar-refractivity contribution in [1.29, 1.82) is 0 Å². The summed E-state index contributed by atoms with van der Waals surface area (Å²) in [4.78, 5) is 0.260. The first-order valence-corrected chi connectivity index (χ1v) is 10.6. The molecule has 2 rings (SSSR count). The smallest absolute Gasteiger partial charge is 0.243 e. The molecule has 9 heteroatoms. The molecule has 1 aliphatic rings. The summed E-state index contributed by atoms with van der Waals surface area (Å²) in [6.45, 7) is 5.84. The zero-order valence-electron chi connectivity index (χ0n) is 15.1. The van der Waals surface area contributed by atoms with Crippen molar-refractivity contribution in [2.24, 2.45) is 11.0 Å². The summed E-state index contributed by atoms with van der Waals surface area (Å²) in [5.41, 5.74) is 3.47. The fourth-order valence-electron chi connectivity index (χ4n) is 2.51. The highest BCUT2D eigenvalue weighted by molar-refractivity contribution is 7.89. The van der Waals surface area contributed by atoms with Gasteiger partial charge in [0.1, 0.15) is 0 Å². The molecule has 0 atom stereocenters. The second kappa shape index (κ2) is 9.96. The van der Waals surface area contributed by atoms with E-state index in [4.69, 9.17) is 17.0 Å². The van der Waals surface area contributed by atoms with Gasteiger partial charge in [-0.1, -0.05) is 13.8 Å². The predicted octanol–water partition coefficient (Wildman–Crippen LogP) is 2.42. The molecule has 0 aromatic heterocycles. The van der Waals surface area contributed by atoms with Crippen molar-refractivity contribution in [3.63, 3.8) is 0 Å². The van der Waals surface area contributed by atoms with Crippen molar-refractivity contribution < 1.29 is 13.2 Å². The van der Waals surface area contributed by atoms with E-state index in [1.807, 2.05) is 6.21 Å². The van der Waals surface area contributed by atoms with E-state index in [1.54, 1.807) is 24.3 Å². The minimum atomic E-state index is -3.48. The van der Waals surface area contributed by atoms with Crippen molar-refractivity contribution in [1.82, 2.24) is 9.73 Å². The van der Waals surface area contributed by atoms with Crippen LogP contribution in [0.2, 0.25) is 0 Å². The Kier molecular flexibility index (Phi) is 7.95. The third-order valence-corrected chi connectivity index (χ3v) is 6.33. The number of thiocarbonyl (C=S) groups is 1. The molecule has 144 valence electrons. The topological polar surface area (TPSA) is 83.0 Å². The van der Waals surface area contributed by atoms with Crippen LogP contribution in [-0.4, -0.2) is 50.4 Å². The number of ether oxygens (including phenoxy) is 1. The first-order chi connectivity index (χ1) is 12.5. The molecule has 1 fully saturated rings. The number of nitrogens with one attached hydrogen (secondary N) is 2. The maximum absolute atomic E-state index is 12.6. The molecule has 1 aromatic rings. The lowest BCUT2D eigenvalue weighted by Gasteiger charge is -2.26. The Hall–Kier alpha value is -1.55. The van der Waals surface area contributed by atoms with Crippen LogP contribution in [0.1, 0.15) is 26.7 Å². The summed E-state index contributed by atoms with van der Waals surface area (Å²) in [6, 6.07) is 6.52. The first kappa shape index (κ1) is 20.8. The number of sulfonamides is 1. The van der Waals surface area contributed by atoms with Gasteiger partial charge in [-0.3, -0.25) is 5.43 Å². The molecule has 1 heterocycles. The van der Waals surface area contributed by atoms with Crippen LogP contribution < -0.4 is 10.7 Å². The van der Waals surface area contributed by atoms with Gasteiger partial charge in [0.05, 0.1) is 18.1 Å². The van der Waals surface area contributed by atoms with Crippen LogP contribution in [0.15, 0.2) is 34.3 Å². The quantitative estimate of drug-likeness (QED) is 0.417. The molecule has 26 heavy (non-hydrogen) atoms. The molecule has 1 saturated heterocycles. The summed E-state index contributed by atoms with van der Waals surface area (Å²) in [6.07, 6.45) is 3.91. The Balaban J connectivity index is 1.93. The van der Waals surface area contributed by atoms with E-state index >= 15 is 0 Å². The molecule has 0 bridgehead atoms. The van der Waals surface area contributed by atoms with Gasteiger partial charge in [-0.05, 0) is 55.2 Å². The van der Waals surface area contributed by atoms with Crippen molar-refractivity contribution in [3.8, 4) is 0 Å². The highest BCUT2D eigenvalue weighted by atomic mass is 32.2. The molecule has 0 unspecified atom stereocenters. The molecule has 1 aromatic carbocycles. The van der Waals surface area contributed by atoms with Crippen LogP contribution in [-0.2, 0) is 14.8 Å². The van der Waals surface area contributed by atoms with Gasteiger partial charge in [-0.15, -0.1) is 0 Å². The van der Waals surface area contributed by atoms with Crippen molar-refractivity contribution in [3.05, 3.63) is 24.3 Å². The molecule has 0 radical (unpaired) electrons. The zero-order valence-corrected chi connectivity index (χ0v) is 16.8. The number of benzene rings is 1. The van der Waals surface area contributed by atoms with E-state index < -0.39 is 10.0 Å². The van der Waals surface area contributed by atoms with E-state index in [1.165, 1.54) is 4.31 Å². The van der Waals surface area contributed by atoms with Crippen LogP contribution >= 0.6 is 12.2 Å². The minimum absolute atomic E-state index is 0.260. The fourth-order valence-corrected chi connectivity index (χ4v) is 4.08. The molecular formula is C17H26N4O3S2. The molecule has 2 N–H and O–H groups in total. The van der Waals surface area contributed by atoms with Gasteiger partial charge in [0.2, 0.25) is 10.0 Å². The second-order valence-electron chi connectivity index (χ2n) is 5.96. The number of morpholine rings is 1. The number of anilines is 1. The Bertz CT molecular complexity index is 710. The van der Waals surface area contributed by atoms with Gasteiger partial charge in [0.15, 0.2) is 5.11 Å². The molecular weight excluding hydrogens is 372 g/mol. The second-order valence-corrected chi connectivity index (χ2v) is 8.31. The summed E-state index contributed by atoms with van der Waals surface area (Å²) in [5, 5.41) is 7.48. The number of hydrogen-bond acceptors (Lipinski definition) is 5. The lowest BCUT2D eigenvalue weighted by atomic mass is 10.1. The molecule has 1 aliphatic heterocycles. The lowest BCUT2D eigenvalue weighted by molar-refractivity contribution is 0.0730. The number of hydrazone groups is 1. The Morgan fingerprint density at radius 2 is 1.88 bits per heavy atom. The van der Waals surface area contributed by atoms with E-state index in [0.29, 0.717) is 43.0 Å². The van der Waals surface area contributed by atoms with Gasteiger partial charge in [-0.25, -0.2) is 8.42 Å². The number of nitrogens with zero attached hydrogens (tertiary/aromatic N) is 2. The van der Waals surface area contributed by atoms with Crippen molar-refractivity contribution in [2.45, 2.75) is 31.6 Å². The molecule has 0 amide bonds. The van der Waals surface area contributed by atoms with Crippen LogP contribution in [0, 0.1) is 5.92 Å². The lowest BCUT2D eigenvalue weighted by Crippen LogP contribution is -2.40. The maximum atomic E-state index is 12.6. The van der Waals surface area contributed by atoms with Crippen LogP contribution in [0.3, 0.4) is 0 Å². The average Bonchev–Trinajstić information content (AvgIpc) is 2.66. The zero-order chi connectivity index (χ0) is 19.0. The van der Waals surface area contributed by atoms with Crippen LogP contribution in [0.4, 0.5) is 5.69 Å². The molecule has 0 spiro atoms. The summed E-state index contributed by atoms with van der Waals surface area (Å²) in [7, 11) is -3.48. The van der Waals surface area contributed by atoms with E-state index in [-0.39, 0.29) is 4.90 Å². The van der Waals surface area contributed by atoms with Gasteiger partial charge >= 0.3 is 0 Å². The summed E-state index contributed by atoms with van der Waals surface area (Å²) in [5.74, 6) is 0.426. The highest BCUT2D eigenvalue weighted by Gasteiger charge is 2.26. The molecule has 0 saturated carbocycles. The third-order valence-electron chi connectivity index (χ3n) is 4.22. The summed E-state index contributed by atoms with van der Waals surface area (Å²) < 4.78 is 31.8. The van der Waals surface area contributed by atoms with E-state index in [2.05, 4.69) is 29.7 Å². The largest absolute Gasteiger partial charge is 0.379 e.